The number of benzene rings is 1. The van der Waals surface area contributed by atoms with Crippen LogP contribution in [0.15, 0.2) is 55.3 Å². The summed E-state index contributed by atoms with van der Waals surface area (Å²) in [5, 5.41) is 2.49. The lowest BCUT2D eigenvalue weighted by molar-refractivity contribution is -0.142. The monoisotopic (exact) mass is 423 g/mol. The average Bonchev–Trinajstić information content (AvgIpc) is 3.12. The third kappa shape index (κ3) is 6.68. The molecule has 1 aromatic carbocycles. The maximum Gasteiger partial charge on any atom is 0.416 e. The summed E-state index contributed by atoms with van der Waals surface area (Å²) in [7, 11) is 0. The first-order chi connectivity index (χ1) is 14.2. The summed E-state index contributed by atoms with van der Waals surface area (Å²) in [6.45, 7) is 5.89. The Bertz CT molecular complexity index is 878. The molecule has 2 amide bonds. The van der Waals surface area contributed by atoms with E-state index in [4.69, 9.17) is 4.74 Å². The molecule has 9 heteroatoms. The van der Waals surface area contributed by atoms with Gasteiger partial charge in [0, 0.05) is 25.0 Å². The second kappa shape index (κ2) is 10.5. The number of hydrogen-bond acceptors (Lipinski definition) is 3. The van der Waals surface area contributed by atoms with Gasteiger partial charge in [-0.25, -0.2) is 4.79 Å². The van der Waals surface area contributed by atoms with Crippen molar-refractivity contribution in [1.82, 2.24) is 14.8 Å². The van der Waals surface area contributed by atoms with Gasteiger partial charge in [-0.3, -0.25) is 4.79 Å². The molecule has 0 aliphatic rings. The van der Waals surface area contributed by atoms with E-state index in [1.165, 1.54) is 11.0 Å². The molecule has 0 radical (unpaired) electrons. The maximum absolute atomic E-state index is 12.9. The van der Waals surface area contributed by atoms with Crippen molar-refractivity contribution in [3.8, 4) is 0 Å². The number of amides is 2. The summed E-state index contributed by atoms with van der Waals surface area (Å²) in [5.41, 5.74) is 0.505. The molecule has 30 heavy (non-hydrogen) atoms. The number of nitrogens with one attached hydrogen (secondary N) is 1. The van der Waals surface area contributed by atoms with Gasteiger partial charge in [0.05, 0.1) is 18.7 Å². The summed E-state index contributed by atoms with van der Waals surface area (Å²) in [4.78, 5) is 25.3. The maximum atomic E-state index is 12.9. The molecule has 6 nitrogen and oxygen atoms in total. The van der Waals surface area contributed by atoms with E-state index in [1.54, 1.807) is 42.0 Å². The van der Waals surface area contributed by atoms with Crippen molar-refractivity contribution >= 4 is 12.0 Å². The van der Waals surface area contributed by atoms with Crippen LogP contribution < -0.4 is 5.32 Å². The van der Waals surface area contributed by atoms with Gasteiger partial charge in [0.15, 0.2) is 0 Å². The molecule has 0 aliphatic heterocycles. The van der Waals surface area contributed by atoms with E-state index in [0.29, 0.717) is 5.56 Å². The molecule has 0 atom stereocenters. The zero-order valence-electron chi connectivity index (χ0n) is 16.6. The minimum absolute atomic E-state index is 0.187. The lowest BCUT2D eigenvalue weighted by atomic mass is 10.1. The Kier molecular flexibility index (Phi) is 8.08. The number of aromatic nitrogens is 1. The zero-order valence-corrected chi connectivity index (χ0v) is 16.6. The van der Waals surface area contributed by atoms with Gasteiger partial charge >= 0.3 is 18.2 Å². The molecule has 0 spiro atoms. The molecule has 1 aromatic heterocycles. The molecule has 0 unspecified atom stereocenters. The molecule has 2 rings (SSSR count). The largest absolute Gasteiger partial charge is 0.465 e. The molecule has 1 N–H and O–H groups in total. The Balaban J connectivity index is 2.09. The van der Waals surface area contributed by atoms with Gasteiger partial charge in [-0.15, -0.1) is 6.58 Å². The lowest BCUT2D eigenvalue weighted by Gasteiger charge is -2.22. The van der Waals surface area contributed by atoms with Crippen LogP contribution in [0.5, 0.6) is 0 Å². The van der Waals surface area contributed by atoms with Crippen molar-refractivity contribution in [2.24, 2.45) is 0 Å². The Morgan fingerprint density at radius 3 is 2.70 bits per heavy atom. The van der Waals surface area contributed by atoms with Crippen LogP contribution in [0.1, 0.15) is 23.7 Å². The Labute approximate surface area is 172 Å². The Hall–Kier alpha value is -3.23. The summed E-state index contributed by atoms with van der Waals surface area (Å²) in [6, 6.07) is 8.18. The number of nitrogens with zero attached hydrogens (tertiary/aromatic N) is 2. The Morgan fingerprint density at radius 1 is 1.27 bits per heavy atom. The third-order valence-electron chi connectivity index (χ3n) is 4.21. The number of carbonyl (C=O) groups is 2. The van der Waals surface area contributed by atoms with Crippen LogP contribution in [0.3, 0.4) is 0 Å². The fraction of sp³-hybridized carbons (Fsp3) is 0.333. The number of alkyl halides is 3. The second-order valence-corrected chi connectivity index (χ2v) is 6.46. The predicted molar refractivity (Wildman–Crippen MR) is 106 cm³/mol. The van der Waals surface area contributed by atoms with Crippen molar-refractivity contribution in [2.45, 2.75) is 26.2 Å². The quantitative estimate of drug-likeness (QED) is 0.493. The molecule has 0 saturated heterocycles. The van der Waals surface area contributed by atoms with Gasteiger partial charge in [0.1, 0.15) is 6.54 Å². The molecule has 0 saturated carbocycles. The molecule has 1 heterocycles. The van der Waals surface area contributed by atoms with E-state index < -0.39 is 23.7 Å². The van der Waals surface area contributed by atoms with E-state index >= 15 is 0 Å². The summed E-state index contributed by atoms with van der Waals surface area (Å²) in [6.07, 6.45) is -1.13. The fourth-order valence-corrected chi connectivity index (χ4v) is 2.83. The highest BCUT2D eigenvalue weighted by molar-refractivity contribution is 5.80. The fourth-order valence-electron chi connectivity index (χ4n) is 2.83. The molecular weight excluding hydrogens is 399 g/mol. The van der Waals surface area contributed by atoms with Crippen LogP contribution in [0, 0.1) is 0 Å². The van der Waals surface area contributed by atoms with E-state index in [1.807, 2.05) is 0 Å². The third-order valence-corrected chi connectivity index (χ3v) is 4.21. The van der Waals surface area contributed by atoms with Crippen molar-refractivity contribution < 1.29 is 27.5 Å². The topological polar surface area (TPSA) is 63.6 Å². The predicted octanol–water partition coefficient (Wildman–Crippen LogP) is 3.82. The van der Waals surface area contributed by atoms with Crippen molar-refractivity contribution in [2.75, 3.05) is 19.7 Å². The van der Waals surface area contributed by atoms with Crippen molar-refractivity contribution in [1.29, 1.82) is 0 Å². The standard InChI is InChI=1S/C21H24F3N3O3/c1-3-10-27(20(29)25-13-19(28)30-4-2)15-18-9-6-11-26(18)14-16-7-5-8-17(12-16)21(22,23)24/h3,5-9,11-12H,1,4,10,13-15H2,2H3,(H,25,29). The van der Waals surface area contributed by atoms with Gasteiger partial charge in [-0.1, -0.05) is 18.2 Å². The number of carbonyl (C=O) groups excluding carboxylic acids is 2. The smallest absolute Gasteiger partial charge is 0.416 e. The van der Waals surface area contributed by atoms with Crippen molar-refractivity contribution in [3.05, 3.63) is 72.1 Å². The molecule has 2 aromatic rings. The molecule has 0 bridgehead atoms. The van der Waals surface area contributed by atoms with Crippen LogP contribution in [0.2, 0.25) is 0 Å². The highest BCUT2D eigenvalue weighted by Gasteiger charge is 2.30. The van der Waals surface area contributed by atoms with E-state index in [0.717, 1.165) is 17.8 Å². The summed E-state index contributed by atoms with van der Waals surface area (Å²) >= 11 is 0. The SMILES string of the molecule is C=CCN(Cc1cccn1Cc1cccc(C(F)(F)F)c1)C(=O)NCC(=O)OCC. The van der Waals surface area contributed by atoms with Crippen LogP contribution >= 0.6 is 0 Å². The number of halogens is 3. The minimum Gasteiger partial charge on any atom is -0.465 e. The number of ether oxygens (including phenoxy) is 1. The first-order valence-electron chi connectivity index (χ1n) is 9.34. The van der Waals surface area contributed by atoms with E-state index in [9.17, 15) is 22.8 Å². The molecule has 162 valence electrons. The zero-order chi connectivity index (χ0) is 22.1. The van der Waals surface area contributed by atoms with Gasteiger partial charge in [0.25, 0.3) is 0 Å². The molecule has 0 aliphatic carbocycles. The normalized spacial score (nSPS) is 11.1. The first kappa shape index (κ1) is 23.1. The van der Waals surface area contributed by atoms with Gasteiger partial charge in [-0.2, -0.15) is 13.2 Å². The average molecular weight is 423 g/mol. The summed E-state index contributed by atoms with van der Waals surface area (Å²) < 4.78 is 45.4. The number of rotatable bonds is 9. The number of urea groups is 1. The highest BCUT2D eigenvalue weighted by Crippen LogP contribution is 2.29. The van der Waals surface area contributed by atoms with E-state index in [2.05, 4.69) is 11.9 Å². The van der Waals surface area contributed by atoms with Gasteiger partial charge in [0.2, 0.25) is 0 Å². The highest BCUT2D eigenvalue weighted by atomic mass is 19.4. The number of esters is 1. The molecule has 0 fully saturated rings. The molecular formula is C21H24F3N3O3. The van der Waals surface area contributed by atoms with Crippen molar-refractivity contribution in [3.63, 3.8) is 0 Å². The number of hydrogen-bond donors (Lipinski definition) is 1. The Morgan fingerprint density at radius 2 is 2.03 bits per heavy atom. The van der Waals surface area contributed by atoms with Crippen LogP contribution in [0.25, 0.3) is 0 Å². The lowest BCUT2D eigenvalue weighted by Crippen LogP contribution is -2.42. The minimum atomic E-state index is -4.41. The van der Waals surface area contributed by atoms with Crippen LogP contribution in [-0.2, 0) is 28.8 Å². The first-order valence-corrected chi connectivity index (χ1v) is 9.34. The van der Waals surface area contributed by atoms with Gasteiger partial charge in [-0.05, 0) is 36.8 Å². The van der Waals surface area contributed by atoms with Crippen LogP contribution in [0.4, 0.5) is 18.0 Å². The summed E-state index contributed by atoms with van der Waals surface area (Å²) in [5.74, 6) is -0.544. The van der Waals surface area contributed by atoms with E-state index in [-0.39, 0.29) is 32.8 Å². The second-order valence-electron chi connectivity index (χ2n) is 6.46. The van der Waals surface area contributed by atoms with Gasteiger partial charge < -0.3 is 19.5 Å². The van der Waals surface area contributed by atoms with Crippen LogP contribution in [-0.4, -0.2) is 41.2 Å².